The summed E-state index contributed by atoms with van der Waals surface area (Å²) in [6.45, 7) is 4.36. The molecule has 0 heterocycles. The molecule has 2 N–H and O–H groups in total. The van der Waals surface area contributed by atoms with E-state index in [-0.39, 0.29) is 17.0 Å². The van der Waals surface area contributed by atoms with Crippen molar-refractivity contribution < 1.29 is 3.07 Å². The van der Waals surface area contributed by atoms with E-state index >= 15 is 0 Å². The second-order valence-corrected chi connectivity index (χ2v) is 7.78. The Morgan fingerprint density at radius 3 is 2.33 bits per heavy atom. The van der Waals surface area contributed by atoms with Gasteiger partial charge in [-0.15, -0.1) is 17.0 Å². The van der Waals surface area contributed by atoms with E-state index in [0.29, 0.717) is 6.04 Å². The number of nitrogens with two attached hydrogens (primary N) is 1. The normalized spacial score (nSPS) is 15.0. The molecular weight excluding hydrogens is 325 g/mol. The Bertz CT molecular complexity index is 93.1. The van der Waals surface area contributed by atoms with Crippen molar-refractivity contribution >= 4 is 38.5 Å². The maximum absolute atomic E-state index is 5.64. The summed E-state index contributed by atoms with van der Waals surface area (Å²) in [7, 11) is 1.83. The van der Waals surface area contributed by atoms with E-state index in [2.05, 4.69) is 13.8 Å². The maximum atomic E-state index is 5.64. The summed E-state index contributed by atoms with van der Waals surface area (Å²) in [5.41, 5.74) is 5.64. The number of hydrogen-bond donors (Lipinski definition) is 1. The van der Waals surface area contributed by atoms with Crippen LogP contribution in [0.3, 0.4) is 0 Å². The molecule has 0 aromatic carbocycles. The molecule has 0 saturated carbocycles. The van der Waals surface area contributed by atoms with Crippen LogP contribution >= 0.6 is 17.0 Å². The van der Waals surface area contributed by atoms with Crippen molar-refractivity contribution in [3.8, 4) is 0 Å². The first-order valence-corrected chi connectivity index (χ1v) is 7.02. The van der Waals surface area contributed by atoms with Crippen molar-refractivity contribution in [3.05, 3.63) is 0 Å². The van der Waals surface area contributed by atoms with E-state index in [1.807, 2.05) is 7.11 Å². The molecule has 2 radical (unpaired) electrons. The molecule has 0 aromatic heterocycles. The van der Waals surface area contributed by atoms with Crippen molar-refractivity contribution in [1.82, 2.24) is 0 Å². The summed E-state index contributed by atoms with van der Waals surface area (Å²) in [6, 6.07) is 0.371. The molecule has 0 amide bonds. The zero-order chi connectivity index (χ0) is 8.69. The minimum absolute atomic E-state index is 0. The van der Waals surface area contributed by atoms with Crippen LogP contribution in [0.5, 0.6) is 0 Å². The SMILES string of the molecule is Br.C[O][Sn][CH](C)CCCC(C)N. The summed E-state index contributed by atoms with van der Waals surface area (Å²) in [6.07, 6.45) is 3.73. The van der Waals surface area contributed by atoms with Crippen LogP contribution in [0.25, 0.3) is 0 Å². The van der Waals surface area contributed by atoms with E-state index in [1.54, 1.807) is 0 Å². The zero-order valence-electron chi connectivity index (χ0n) is 8.17. The molecule has 12 heavy (non-hydrogen) atoms. The molecule has 0 aliphatic rings. The second-order valence-electron chi connectivity index (χ2n) is 3.13. The van der Waals surface area contributed by atoms with Crippen LogP contribution in [0.2, 0.25) is 3.93 Å². The molecular formula is C8H20BrNOSn. The van der Waals surface area contributed by atoms with Gasteiger partial charge in [-0.2, -0.15) is 0 Å². The van der Waals surface area contributed by atoms with Crippen LogP contribution in [0.15, 0.2) is 0 Å². The van der Waals surface area contributed by atoms with Gasteiger partial charge in [0.2, 0.25) is 0 Å². The van der Waals surface area contributed by atoms with Gasteiger partial charge in [0.05, 0.1) is 0 Å². The molecule has 0 rings (SSSR count). The molecule has 0 aromatic rings. The quantitative estimate of drug-likeness (QED) is 0.749. The van der Waals surface area contributed by atoms with E-state index in [0.717, 1.165) is 10.4 Å². The van der Waals surface area contributed by atoms with Gasteiger partial charge < -0.3 is 0 Å². The number of halogens is 1. The standard InChI is InChI=1S/C7H16N.CH3O.BrH.Sn/c1-3-4-5-6-7(2)8;1-2;;/h3,7H,4-6,8H2,1-2H3;1H3;1H;/q;-1;;+1. The summed E-state index contributed by atoms with van der Waals surface area (Å²) >= 11 is -0.489. The Labute approximate surface area is 97.2 Å². The summed E-state index contributed by atoms with van der Waals surface area (Å²) in [4.78, 5) is 0. The predicted molar refractivity (Wildman–Crippen MR) is 60.0 cm³/mol. The minimum atomic E-state index is -0.489. The number of hydrogen-bond acceptors (Lipinski definition) is 2. The molecule has 2 unspecified atom stereocenters. The van der Waals surface area contributed by atoms with Gasteiger partial charge in [-0.3, -0.25) is 0 Å². The Morgan fingerprint density at radius 1 is 1.33 bits per heavy atom. The third kappa shape index (κ3) is 11.2. The molecule has 0 saturated heterocycles. The molecule has 0 aliphatic heterocycles. The van der Waals surface area contributed by atoms with Crippen LogP contribution < -0.4 is 5.73 Å². The van der Waals surface area contributed by atoms with Crippen molar-refractivity contribution in [3.63, 3.8) is 0 Å². The molecule has 74 valence electrons. The van der Waals surface area contributed by atoms with Crippen LogP contribution in [-0.2, 0) is 3.07 Å². The Morgan fingerprint density at radius 2 is 1.92 bits per heavy atom. The van der Waals surface area contributed by atoms with Gasteiger partial charge in [-0.25, -0.2) is 0 Å². The third-order valence-electron chi connectivity index (χ3n) is 1.62. The number of rotatable bonds is 6. The third-order valence-corrected chi connectivity index (χ3v) is 4.26. The molecule has 0 fully saturated rings. The fraction of sp³-hybridized carbons (Fsp3) is 1.00. The fourth-order valence-corrected chi connectivity index (χ4v) is 3.07. The average molecular weight is 345 g/mol. The molecule has 4 heteroatoms. The van der Waals surface area contributed by atoms with Gasteiger partial charge in [0, 0.05) is 0 Å². The fourth-order valence-electron chi connectivity index (χ4n) is 1.01. The first-order chi connectivity index (χ1) is 5.16. The summed E-state index contributed by atoms with van der Waals surface area (Å²) in [5, 5.41) is 0. The van der Waals surface area contributed by atoms with E-state index in [1.165, 1.54) is 12.8 Å². The Balaban J connectivity index is 0. The zero-order valence-corrected chi connectivity index (χ0v) is 12.7. The molecule has 0 spiro atoms. The first-order valence-electron chi connectivity index (χ1n) is 4.21. The topological polar surface area (TPSA) is 35.2 Å². The average Bonchev–Trinajstić information content (AvgIpc) is 1.87. The van der Waals surface area contributed by atoms with Crippen molar-refractivity contribution in [1.29, 1.82) is 0 Å². The van der Waals surface area contributed by atoms with Gasteiger partial charge >= 0.3 is 80.6 Å². The van der Waals surface area contributed by atoms with E-state index in [4.69, 9.17) is 8.81 Å². The van der Waals surface area contributed by atoms with Crippen molar-refractivity contribution in [2.75, 3.05) is 7.11 Å². The Kier molecular flexibility index (Phi) is 13.4. The van der Waals surface area contributed by atoms with Crippen LogP contribution in [0.4, 0.5) is 0 Å². The second kappa shape index (κ2) is 10.3. The van der Waals surface area contributed by atoms with Crippen LogP contribution in [0.1, 0.15) is 33.1 Å². The van der Waals surface area contributed by atoms with Crippen molar-refractivity contribution in [2.45, 2.75) is 43.1 Å². The molecule has 0 aliphatic carbocycles. The van der Waals surface area contributed by atoms with Gasteiger partial charge in [0.15, 0.2) is 0 Å². The molecule has 0 bridgehead atoms. The summed E-state index contributed by atoms with van der Waals surface area (Å²) in [5.74, 6) is 0. The van der Waals surface area contributed by atoms with E-state index in [9.17, 15) is 0 Å². The van der Waals surface area contributed by atoms with Crippen LogP contribution in [0, 0.1) is 0 Å². The van der Waals surface area contributed by atoms with Gasteiger partial charge in [-0.05, 0) is 0 Å². The molecule has 2 nitrogen and oxygen atoms in total. The molecule has 2 atom stereocenters. The van der Waals surface area contributed by atoms with Gasteiger partial charge in [-0.1, -0.05) is 0 Å². The predicted octanol–water partition coefficient (Wildman–Crippen LogP) is 2.16. The van der Waals surface area contributed by atoms with Gasteiger partial charge in [0.25, 0.3) is 0 Å². The van der Waals surface area contributed by atoms with Crippen molar-refractivity contribution in [2.24, 2.45) is 5.73 Å². The van der Waals surface area contributed by atoms with E-state index < -0.39 is 21.6 Å². The van der Waals surface area contributed by atoms with Crippen LogP contribution in [-0.4, -0.2) is 34.7 Å². The first kappa shape index (κ1) is 15.7. The Hall–Kier alpha value is 1.20. The summed E-state index contributed by atoms with van der Waals surface area (Å²) < 4.78 is 6.05. The van der Waals surface area contributed by atoms with Gasteiger partial charge in [0.1, 0.15) is 0 Å². The monoisotopic (exact) mass is 345 g/mol.